The number of carboxylic acids is 1. The molecule has 0 saturated heterocycles. The summed E-state index contributed by atoms with van der Waals surface area (Å²) in [5.74, 6) is -1.90. The Kier molecular flexibility index (Phi) is 4.90. The number of aliphatic carboxylic acids is 1. The lowest BCUT2D eigenvalue weighted by molar-refractivity contribution is -0.145. The zero-order chi connectivity index (χ0) is 14.9. The summed E-state index contributed by atoms with van der Waals surface area (Å²) in [7, 11) is 0. The van der Waals surface area contributed by atoms with E-state index in [1.807, 2.05) is 6.92 Å². The SMILES string of the molecule is CC1CC(C(=O)O)C(C(=O)Nc2ccc(Cl)cc2I)C1. The molecule has 1 aliphatic rings. The number of carbonyl (C=O) groups is 2. The third kappa shape index (κ3) is 3.44. The van der Waals surface area contributed by atoms with Crippen molar-refractivity contribution in [3.8, 4) is 0 Å². The van der Waals surface area contributed by atoms with Crippen LogP contribution in [0.3, 0.4) is 0 Å². The Morgan fingerprint density at radius 2 is 2.00 bits per heavy atom. The number of benzene rings is 1. The van der Waals surface area contributed by atoms with Crippen molar-refractivity contribution in [2.45, 2.75) is 19.8 Å². The number of amides is 1. The second-order valence-corrected chi connectivity index (χ2v) is 6.84. The summed E-state index contributed by atoms with van der Waals surface area (Å²) in [6.07, 6.45) is 1.18. The molecule has 0 heterocycles. The molecule has 1 aromatic rings. The van der Waals surface area contributed by atoms with Gasteiger partial charge in [0.15, 0.2) is 0 Å². The van der Waals surface area contributed by atoms with Crippen molar-refractivity contribution in [2.75, 3.05) is 5.32 Å². The molecule has 3 atom stereocenters. The van der Waals surface area contributed by atoms with Gasteiger partial charge in [0.2, 0.25) is 5.91 Å². The molecule has 1 saturated carbocycles. The molecule has 0 aromatic heterocycles. The topological polar surface area (TPSA) is 66.4 Å². The van der Waals surface area contributed by atoms with Gasteiger partial charge in [0.25, 0.3) is 0 Å². The van der Waals surface area contributed by atoms with E-state index >= 15 is 0 Å². The molecule has 4 nitrogen and oxygen atoms in total. The molecule has 1 amide bonds. The quantitative estimate of drug-likeness (QED) is 0.752. The molecule has 0 aliphatic heterocycles. The fourth-order valence-electron chi connectivity index (χ4n) is 2.67. The van der Waals surface area contributed by atoms with Gasteiger partial charge >= 0.3 is 5.97 Å². The van der Waals surface area contributed by atoms with E-state index < -0.39 is 17.8 Å². The van der Waals surface area contributed by atoms with E-state index in [9.17, 15) is 14.7 Å². The molecule has 6 heteroatoms. The van der Waals surface area contributed by atoms with Crippen molar-refractivity contribution in [3.05, 3.63) is 26.8 Å². The van der Waals surface area contributed by atoms with Gasteiger partial charge in [0.05, 0.1) is 17.5 Å². The van der Waals surface area contributed by atoms with Crippen LogP contribution in [0.5, 0.6) is 0 Å². The average Bonchev–Trinajstić information content (AvgIpc) is 2.75. The Balaban J connectivity index is 2.13. The highest BCUT2D eigenvalue weighted by Crippen LogP contribution is 2.37. The van der Waals surface area contributed by atoms with Gasteiger partial charge < -0.3 is 10.4 Å². The van der Waals surface area contributed by atoms with Gasteiger partial charge in [-0.3, -0.25) is 9.59 Å². The fraction of sp³-hybridized carbons (Fsp3) is 0.429. The predicted octanol–water partition coefficient (Wildman–Crippen LogP) is 3.63. The van der Waals surface area contributed by atoms with Crippen LogP contribution in [0.2, 0.25) is 5.02 Å². The fourth-order valence-corrected chi connectivity index (χ4v) is 3.68. The number of carbonyl (C=O) groups excluding carboxylic acids is 1. The minimum Gasteiger partial charge on any atom is -0.481 e. The second-order valence-electron chi connectivity index (χ2n) is 5.24. The molecule has 108 valence electrons. The molecule has 0 spiro atoms. The van der Waals surface area contributed by atoms with Crippen LogP contribution in [0.25, 0.3) is 0 Å². The Hall–Kier alpha value is -0.820. The lowest BCUT2D eigenvalue weighted by atomic mass is 9.95. The van der Waals surface area contributed by atoms with Crippen LogP contribution in [-0.4, -0.2) is 17.0 Å². The normalized spacial score (nSPS) is 25.4. The number of carboxylic acid groups (broad SMARTS) is 1. The standard InChI is InChI=1S/C14H15ClINO3/c1-7-4-9(10(5-7)14(19)20)13(18)17-12-3-2-8(15)6-11(12)16/h2-3,6-7,9-10H,4-5H2,1H3,(H,17,18)(H,19,20). The molecule has 3 unspecified atom stereocenters. The van der Waals surface area contributed by atoms with Crippen molar-refractivity contribution >= 4 is 51.8 Å². The van der Waals surface area contributed by atoms with Crippen molar-refractivity contribution in [1.29, 1.82) is 0 Å². The zero-order valence-corrected chi connectivity index (χ0v) is 13.8. The van der Waals surface area contributed by atoms with Gasteiger partial charge in [-0.1, -0.05) is 18.5 Å². The first-order valence-electron chi connectivity index (χ1n) is 6.37. The molecule has 1 aromatic carbocycles. The van der Waals surface area contributed by atoms with E-state index in [0.717, 1.165) is 3.57 Å². The first-order valence-corrected chi connectivity index (χ1v) is 7.83. The largest absolute Gasteiger partial charge is 0.481 e. The highest BCUT2D eigenvalue weighted by atomic mass is 127. The summed E-state index contributed by atoms with van der Waals surface area (Å²) in [6, 6.07) is 5.19. The molecule has 0 bridgehead atoms. The van der Waals surface area contributed by atoms with Crippen molar-refractivity contribution in [2.24, 2.45) is 17.8 Å². The van der Waals surface area contributed by atoms with Gasteiger partial charge in [-0.05, 0) is 59.5 Å². The number of hydrogen-bond acceptors (Lipinski definition) is 2. The molecule has 2 N–H and O–H groups in total. The summed E-state index contributed by atoms with van der Waals surface area (Å²) < 4.78 is 0.835. The molecule has 1 aliphatic carbocycles. The van der Waals surface area contributed by atoms with E-state index in [-0.39, 0.29) is 11.8 Å². The average molecular weight is 408 g/mol. The van der Waals surface area contributed by atoms with Crippen LogP contribution < -0.4 is 5.32 Å². The maximum atomic E-state index is 12.3. The van der Waals surface area contributed by atoms with Crippen molar-refractivity contribution in [1.82, 2.24) is 0 Å². The van der Waals surface area contributed by atoms with Crippen LogP contribution in [0, 0.1) is 21.3 Å². The molecule has 2 rings (SSSR count). The lowest BCUT2D eigenvalue weighted by Crippen LogP contribution is -2.30. The summed E-state index contributed by atoms with van der Waals surface area (Å²) in [4.78, 5) is 23.5. The van der Waals surface area contributed by atoms with Gasteiger partial charge in [0.1, 0.15) is 0 Å². The number of anilines is 1. The number of halogens is 2. The first kappa shape index (κ1) is 15.6. The Morgan fingerprint density at radius 3 is 2.60 bits per heavy atom. The second kappa shape index (κ2) is 6.30. The summed E-state index contributed by atoms with van der Waals surface area (Å²) >= 11 is 7.96. The lowest BCUT2D eigenvalue weighted by Gasteiger charge is -2.16. The van der Waals surface area contributed by atoms with Crippen LogP contribution in [0.15, 0.2) is 18.2 Å². The van der Waals surface area contributed by atoms with Crippen molar-refractivity contribution in [3.63, 3.8) is 0 Å². The van der Waals surface area contributed by atoms with E-state index in [4.69, 9.17) is 11.6 Å². The summed E-state index contributed by atoms with van der Waals surface area (Å²) in [5, 5.41) is 12.6. The predicted molar refractivity (Wildman–Crippen MR) is 85.8 cm³/mol. The van der Waals surface area contributed by atoms with Crippen LogP contribution in [0.1, 0.15) is 19.8 Å². The summed E-state index contributed by atoms with van der Waals surface area (Å²) in [5.41, 5.74) is 0.670. The van der Waals surface area contributed by atoms with Crippen LogP contribution in [-0.2, 0) is 9.59 Å². The first-order chi connectivity index (χ1) is 9.38. The minimum absolute atomic E-state index is 0.220. The van der Waals surface area contributed by atoms with E-state index in [2.05, 4.69) is 27.9 Å². The number of rotatable bonds is 3. The third-order valence-electron chi connectivity index (χ3n) is 3.64. The maximum absolute atomic E-state index is 12.3. The summed E-state index contributed by atoms with van der Waals surface area (Å²) in [6.45, 7) is 1.98. The van der Waals surface area contributed by atoms with Crippen molar-refractivity contribution < 1.29 is 14.7 Å². The van der Waals surface area contributed by atoms with Gasteiger partial charge in [-0.15, -0.1) is 0 Å². The smallest absolute Gasteiger partial charge is 0.307 e. The van der Waals surface area contributed by atoms with E-state index in [0.29, 0.717) is 23.6 Å². The molecule has 1 fully saturated rings. The van der Waals surface area contributed by atoms with Crippen LogP contribution in [0.4, 0.5) is 5.69 Å². The molecular formula is C14H15ClINO3. The number of hydrogen-bond donors (Lipinski definition) is 2. The highest BCUT2D eigenvalue weighted by molar-refractivity contribution is 14.1. The monoisotopic (exact) mass is 407 g/mol. The third-order valence-corrected chi connectivity index (χ3v) is 4.77. The Labute approximate surface area is 136 Å². The Morgan fingerprint density at radius 1 is 1.35 bits per heavy atom. The van der Waals surface area contributed by atoms with Gasteiger partial charge in [0, 0.05) is 8.59 Å². The molecular weight excluding hydrogens is 393 g/mol. The van der Waals surface area contributed by atoms with E-state index in [1.165, 1.54) is 0 Å². The maximum Gasteiger partial charge on any atom is 0.307 e. The highest BCUT2D eigenvalue weighted by Gasteiger charge is 2.41. The number of nitrogens with one attached hydrogen (secondary N) is 1. The minimum atomic E-state index is -0.889. The van der Waals surface area contributed by atoms with Gasteiger partial charge in [-0.25, -0.2) is 0 Å². The Bertz CT molecular complexity index is 549. The zero-order valence-electron chi connectivity index (χ0n) is 10.9. The van der Waals surface area contributed by atoms with Crippen LogP contribution >= 0.6 is 34.2 Å². The van der Waals surface area contributed by atoms with Gasteiger partial charge in [-0.2, -0.15) is 0 Å². The molecule has 20 heavy (non-hydrogen) atoms. The molecule has 0 radical (unpaired) electrons. The van der Waals surface area contributed by atoms with E-state index in [1.54, 1.807) is 18.2 Å².